The number of carbonyl (C=O) groups excluding carboxylic acids is 4. The maximum absolute atomic E-state index is 12.3. The van der Waals surface area contributed by atoms with Crippen molar-refractivity contribution in [3.05, 3.63) is 377 Å². The number of rotatable bonds is 8. The van der Waals surface area contributed by atoms with Crippen molar-refractivity contribution >= 4 is 292 Å². The number of aromatic amines is 1. The van der Waals surface area contributed by atoms with Gasteiger partial charge in [-0.1, -0.05) is 293 Å². The second-order valence-electron chi connectivity index (χ2n) is 34.2. The van der Waals surface area contributed by atoms with E-state index in [1.165, 1.54) is 70.3 Å². The predicted molar refractivity (Wildman–Crippen MR) is 622 cm³/mol. The number of thiol groups is 1. The van der Waals surface area contributed by atoms with Crippen molar-refractivity contribution in [1.82, 2.24) is 56.9 Å². The molecule has 1 radical (unpaired) electrons. The molecule has 23 aromatic rings. The molecule has 0 bridgehead atoms. The summed E-state index contributed by atoms with van der Waals surface area (Å²) in [4.78, 5) is 78.5. The number of H-pyrrole nitrogens is 1. The molecule has 3 N–H and O–H groups in total. The third-order valence-electron chi connectivity index (χ3n) is 22.4. The number of hydrogen-bond acceptors (Lipinski definition) is 16. The molecule has 0 saturated heterocycles. The Morgan fingerprint density at radius 1 is 0.432 bits per heavy atom. The Morgan fingerprint density at radius 2 is 0.733 bits per heavy atom. The van der Waals surface area contributed by atoms with Gasteiger partial charge in [0.15, 0.2) is 0 Å². The van der Waals surface area contributed by atoms with Gasteiger partial charge >= 0.3 is 95.8 Å². The number of fused-ring (bicyclic) bond motifs is 30. The van der Waals surface area contributed by atoms with Crippen LogP contribution in [-0.4, -0.2) is 134 Å². The van der Waals surface area contributed by atoms with Crippen molar-refractivity contribution in [2.75, 3.05) is 24.5 Å². The number of ketones is 2. The summed E-state index contributed by atoms with van der Waals surface area (Å²) in [6.45, 7) is 18.3. The van der Waals surface area contributed by atoms with Crippen LogP contribution in [0, 0.1) is 0 Å². The number of nitrogens with zero attached hydrogens (tertiary/aromatic N) is 12. The minimum absolute atomic E-state index is 0. The van der Waals surface area contributed by atoms with Crippen LogP contribution in [-0.2, 0) is 46.9 Å². The van der Waals surface area contributed by atoms with Gasteiger partial charge in [0.1, 0.15) is 66.8 Å². The van der Waals surface area contributed by atoms with Gasteiger partial charge in [0.25, 0.3) is 0 Å². The number of aromatic nitrogens is 12. The third kappa shape index (κ3) is 29.1. The van der Waals surface area contributed by atoms with Crippen molar-refractivity contribution in [1.29, 1.82) is 0 Å². The zero-order valence-corrected chi connectivity index (χ0v) is 98.1. The maximum Gasteiger partial charge on any atom is 1.00 e. The van der Waals surface area contributed by atoms with E-state index in [1.54, 1.807) is 26.2 Å². The molecule has 11 aromatic heterocycles. The summed E-state index contributed by atoms with van der Waals surface area (Å²) in [5.74, 6) is 0.741. The van der Waals surface area contributed by atoms with Crippen molar-refractivity contribution in [3.63, 3.8) is 0 Å². The van der Waals surface area contributed by atoms with Crippen molar-refractivity contribution in [2.45, 2.75) is 98.7 Å². The topological polar surface area (TPSA) is 265 Å². The van der Waals surface area contributed by atoms with Crippen LogP contribution in [0.1, 0.15) is 89.1 Å². The molecule has 741 valence electrons. The number of alkyl halides is 3. The van der Waals surface area contributed by atoms with E-state index in [4.69, 9.17) is 16.0 Å². The Bertz CT molecular complexity index is 8290. The number of benzene rings is 12. The number of Topliss-reactive ketones (excluding diaryl/α,β-unsaturated/α-hetero) is 2. The largest absolute Gasteiger partial charge is 1.00 e. The molecule has 0 fully saturated rings. The number of pyridine rings is 5. The van der Waals surface area contributed by atoms with E-state index in [2.05, 4.69) is 344 Å². The van der Waals surface area contributed by atoms with Crippen LogP contribution in [0.5, 0.6) is 0 Å². The number of aliphatic hydroxyl groups excluding tert-OH is 1. The van der Waals surface area contributed by atoms with Gasteiger partial charge in [0.05, 0.1) is 77.4 Å². The molecular weight excluding hydrogens is 2290 g/mol. The van der Waals surface area contributed by atoms with Gasteiger partial charge in [-0.3, -0.25) is 45.6 Å². The van der Waals surface area contributed by atoms with Crippen LogP contribution in [0.4, 0.5) is 4.39 Å². The molecule has 11 heterocycles. The van der Waals surface area contributed by atoms with Crippen molar-refractivity contribution in [2.24, 2.45) is 4.30 Å². The first-order valence-corrected chi connectivity index (χ1v) is 50.7. The standard InChI is InChI=1S/C21H20N2O2.C20H18N2O.C18H14N2O.C15H9BrN2.C15H10N2.C9H8N2.C6H4Br2.C6H11BrO2.CH3F.CH3I.CH4O.BHNS.2ClH.2Na.H2O.H/c1-21(2,3)25-19(24)12-14-13-22-20-17-10-5-4-8-15(17)16-9-6-7-11-18(16)23(14)20;1-13(23)20(2,3)18-12-21-19-16-10-5-4-8-14(16)15-9-6-7-11-17(15)22(18)19;1-12(21)10-13-11-19-18-16-8-3-2-6-14(16)15-7-4-5-9-17(15)20(13)18;16-14-9-17-15-12-7-2-1-5-10(12)11-6-3-4-8-13(11)18(14)15;1-2-7-13-11(5-1)12-6-3-4-8-14(12)17-10-9-16-15(13)17;1-2-4-8(5-3-1)9-10-6-7-11-9;7-5-3-1-2-4-6(5)8;1-6(2,3)9-5(8)4-7;3*1-2;1-2-3;;;;;;/h4-11,13H,12H2,1-3H3;4-12H,1-3H3;2-9,11H,10H2,1H3;1-9H;1-10H;1-7H,(H,10,11);1-4H;4H2,1-3H3;2*1H3;2H,1H3;3H;2*1H;;;1H2;/q;;;;;;;;;;;;;;2*+1;;-1/p-1/i;;;;;;;;1D;;;;;;;;;. The molecule has 0 saturated carbocycles. The molecule has 23 rings (SSSR count). The van der Waals surface area contributed by atoms with Crippen LogP contribution in [0.3, 0.4) is 0 Å². The number of ether oxygens (including phenoxy) is 2. The third-order valence-corrected chi connectivity index (χ3v) is 25.4. The van der Waals surface area contributed by atoms with E-state index >= 15 is 0 Å². The molecule has 0 unspecified atom stereocenters. The van der Waals surface area contributed by atoms with Gasteiger partial charge < -0.3 is 26.5 Å². The first kappa shape index (κ1) is 121. The maximum atomic E-state index is 12.3. The van der Waals surface area contributed by atoms with E-state index in [0.29, 0.717) is 6.42 Å². The molecule has 33 heteroatoms. The fraction of sp³-hybridized carbons (Fsp3) is 0.168. The zero-order valence-electron chi connectivity index (χ0n) is 85.1. The summed E-state index contributed by atoms with van der Waals surface area (Å²) < 4.78 is 42.4. The number of halogens is 8. The molecule has 0 spiro atoms. The summed E-state index contributed by atoms with van der Waals surface area (Å²) in [6, 6.07) is 101. The van der Waals surface area contributed by atoms with Crippen molar-refractivity contribution < 1.29 is 106 Å². The Balaban J connectivity index is 0.000000258. The number of carbonyl (C=O) groups is 4. The van der Waals surface area contributed by atoms with Crippen LogP contribution >= 0.6 is 124 Å². The quantitative estimate of drug-likeness (QED) is 0.0319. The second kappa shape index (κ2) is 57.9. The molecule has 0 aliphatic rings. The van der Waals surface area contributed by atoms with E-state index in [9.17, 15) is 23.6 Å². The van der Waals surface area contributed by atoms with E-state index < -0.39 is 18.2 Å². The summed E-state index contributed by atoms with van der Waals surface area (Å²) >= 11 is 18.6. The Labute approximate surface area is 960 Å². The van der Waals surface area contributed by atoms with Gasteiger partial charge in [-0.2, -0.15) is 0 Å². The van der Waals surface area contributed by atoms with E-state index in [-0.39, 0.29) is 132 Å². The zero-order chi connectivity index (χ0) is 102. The fourth-order valence-corrected chi connectivity index (χ4v) is 17.6. The normalized spacial score (nSPS) is 10.7. The molecule has 0 amide bonds. The second-order valence-corrected chi connectivity index (χ2v) is 37.5. The van der Waals surface area contributed by atoms with Crippen LogP contribution in [0.15, 0.2) is 365 Å². The summed E-state index contributed by atoms with van der Waals surface area (Å²) in [7, 11) is 4.34. The minimum Gasteiger partial charge on any atom is -1.00 e. The molecule has 0 atom stereocenters. The first-order valence-electron chi connectivity index (χ1n) is 45.4. The van der Waals surface area contributed by atoms with Crippen LogP contribution < -0.4 is 59.1 Å². The summed E-state index contributed by atoms with van der Waals surface area (Å²) in [5.41, 5.74) is 12.7. The fourth-order valence-electron chi connectivity index (χ4n) is 16.5. The molecule has 12 aromatic carbocycles. The molecule has 0 aliphatic heterocycles. The number of esters is 2. The minimum atomic E-state index is -1.00. The SMILES string of the molecule is Brc1ccccc1Br.Brc1cnc2c3ccccc3c3ccccc3n12.CC(=O)C(C)(C)c1cnc2c3ccccc3c3ccccc3n12.CC(=O)Cc1cnc2c3ccccc3c3ccccc3n12.CC(C)(C)OC(=O)CBr.CC(C)(C)OC(=O)Cc1cnc2c3ccccc3c3ccccc3n12.CI.CO.Cl.Cl.[2H]CF.[B]=NS.[H-].[Na+].[Na+].[OH-].c1ccc(-c2ncc[nH]2)cc1.c1ccc2c(c1)c1ccccc1n1ccnc21. The molecule has 146 heavy (non-hydrogen) atoms. The number of imidazole rings is 6. The van der Waals surface area contributed by atoms with E-state index in [0.717, 1.165) is 115 Å². The van der Waals surface area contributed by atoms with Crippen molar-refractivity contribution in [3.8, 4) is 11.4 Å². The van der Waals surface area contributed by atoms with E-state index in [1.807, 2.05) is 219 Å². The van der Waals surface area contributed by atoms with Gasteiger partial charge in [0, 0.05) is 119 Å². The number of aliphatic hydroxyl groups is 1. The Morgan fingerprint density at radius 3 is 1.09 bits per heavy atom. The number of hydrogen-bond donors (Lipinski definition) is 3. The average Bonchev–Trinajstić information content (AvgIpc) is 1.54. The number of nitrogens with one attached hydrogen (secondary N) is 1. The Kier molecular flexibility index (Phi) is 47.8. The van der Waals surface area contributed by atoms with Gasteiger partial charge in [-0.25, -0.2) is 29.9 Å². The molecule has 21 nitrogen and oxygen atoms in total. The first-order chi connectivity index (χ1) is 68.6. The van der Waals surface area contributed by atoms with Gasteiger partial charge in [-0.15, -0.1) is 24.8 Å². The predicted octanol–water partition coefficient (Wildman–Crippen LogP) is 24.1. The monoisotopic (exact) mass is 2400 g/mol. The van der Waals surface area contributed by atoms with Gasteiger partial charge in [-0.05, 0) is 191 Å². The Hall–Kier alpha value is -10.5. The molecular formula is C113H109BBr4Cl2FIN13Na2O8S. The summed E-state index contributed by atoms with van der Waals surface area (Å²) in [6.07, 6.45) is 15.3. The number of para-hydroxylation sites is 5. The average molecular weight is 2400 g/mol. The smallest absolute Gasteiger partial charge is 1.00 e. The van der Waals surface area contributed by atoms with Crippen LogP contribution in [0.2, 0.25) is 0 Å². The van der Waals surface area contributed by atoms with Crippen LogP contribution in [0.25, 0.3) is 148 Å². The summed E-state index contributed by atoms with van der Waals surface area (Å²) in [5, 5.41) is 25.1. The molecule has 0 aliphatic carbocycles. The van der Waals surface area contributed by atoms with Gasteiger partial charge in [0.2, 0.25) is 0 Å².